The van der Waals surface area contributed by atoms with E-state index in [1.165, 1.54) is 6.07 Å². The zero-order chi connectivity index (χ0) is 17.6. The van der Waals surface area contributed by atoms with E-state index in [1.807, 2.05) is 48.5 Å². The summed E-state index contributed by atoms with van der Waals surface area (Å²) in [5, 5.41) is 0. The summed E-state index contributed by atoms with van der Waals surface area (Å²) in [6, 6.07) is 16.4. The van der Waals surface area contributed by atoms with Crippen molar-refractivity contribution in [2.45, 2.75) is 19.8 Å². The van der Waals surface area contributed by atoms with Crippen LogP contribution < -0.4 is 10.4 Å². The summed E-state index contributed by atoms with van der Waals surface area (Å²) in [5.74, 6) is 1.09. The van der Waals surface area contributed by atoms with Crippen LogP contribution in [0.5, 0.6) is 5.75 Å². The Balaban J connectivity index is 1.89. The molecule has 0 spiro atoms. The molecule has 0 radical (unpaired) electrons. The molecule has 0 aliphatic heterocycles. The normalized spacial score (nSPS) is 10.6. The fourth-order valence-corrected chi connectivity index (χ4v) is 2.75. The van der Waals surface area contributed by atoms with Crippen molar-refractivity contribution in [2.24, 2.45) is 0 Å². The molecule has 5 heteroatoms. The highest BCUT2D eigenvalue weighted by Crippen LogP contribution is 2.24. The van der Waals surface area contributed by atoms with Crippen LogP contribution in [-0.2, 0) is 0 Å². The molecule has 3 rings (SSSR count). The summed E-state index contributed by atoms with van der Waals surface area (Å²) in [4.78, 5) is 16.4. The molecule has 0 fully saturated rings. The van der Waals surface area contributed by atoms with Gasteiger partial charge in [0.1, 0.15) is 5.75 Å². The van der Waals surface area contributed by atoms with Gasteiger partial charge in [-0.05, 0) is 42.8 Å². The number of ether oxygens (including phenoxy) is 1. The first-order valence-electron chi connectivity index (χ1n) is 8.17. The molecule has 0 bridgehead atoms. The van der Waals surface area contributed by atoms with Crippen LogP contribution in [0.2, 0.25) is 0 Å². The third-order valence-electron chi connectivity index (χ3n) is 3.66. The molecule has 1 aromatic heterocycles. The second-order valence-corrected chi connectivity index (χ2v) is 6.52. The molecule has 128 valence electrons. The Kier molecular flexibility index (Phi) is 5.66. The predicted molar refractivity (Wildman–Crippen MR) is 102 cm³/mol. The van der Waals surface area contributed by atoms with Gasteiger partial charge >= 0.3 is 5.63 Å². The highest BCUT2D eigenvalue weighted by molar-refractivity contribution is 9.10. The largest absolute Gasteiger partial charge is 0.494 e. The molecule has 0 aliphatic carbocycles. The van der Waals surface area contributed by atoms with Crippen LogP contribution in [0.4, 0.5) is 0 Å². The minimum absolute atomic E-state index is 0.294. The number of hydrogen-bond acceptors (Lipinski definition) is 4. The van der Waals surface area contributed by atoms with Gasteiger partial charge in [-0.25, -0.2) is 9.78 Å². The van der Waals surface area contributed by atoms with E-state index < -0.39 is 5.63 Å². The van der Waals surface area contributed by atoms with Crippen LogP contribution in [0.1, 0.15) is 19.8 Å². The lowest BCUT2D eigenvalue weighted by Gasteiger charge is -2.07. The van der Waals surface area contributed by atoms with Gasteiger partial charge in [-0.3, -0.25) is 0 Å². The Bertz CT molecular complexity index is 903. The summed E-state index contributed by atoms with van der Waals surface area (Å²) < 4.78 is 11.9. The Morgan fingerprint density at radius 3 is 2.60 bits per heavy atom. The topological polar surface area (TPSA) is 52.3 Å². The summed E-state index contributed by atoms with van der Waals surface area (Å²) in [5.41, 5.74) is 1.74. The van der Waals surface area contributed by atoms with Gasteiger partial charge in [-0.1, -0.05) is 41.4 Å². The number of nitrogens with zero attached hydrogens (tertiary/aromatic N) is 1. The first-order chi connectivity index (χ1) is 12.2. The van der Waals surface area contributed by atoms with E-state index in [4.69, 9.17) is 9.15 Å². The molecule has 0 aliphatic rings. The minimum atomic E-state index is -0.428. The molecule has 0 atom stereocenters. The smallest absolute Gasteiger partial charge is 0.339 e. The van der Waals surface area contributed by atoms with Gasteiger partial charge in [-0.15, -0.1) is 0 Å². The lowest BCUT2D eigenvalue weighted by Crippen LogP contribution is -2.02. The fraction of sp³-hybridized carbons (Fsp3) is 0.200. The van der Waals surface area contributed by atoms with Crippen molar-refractivity contribution in [1.29, 1.82) is 0 Å². The van der Waals surface area contributed by atoms with Gasteiger partial charge in [0.15, 0.2) is 0 Å². The number of rotatable bonds is 6. The molecule has 25 heavy (non-hydrogen) atoms. The highest BCUT2D eigenvalue weighted by Gasteiger charge is 2.09. The molecule has 0 saturated heterocycles. The third kappa shape index (κ3) is 4.57. The van der Waals surface area contributed by atoms with Crippen LogP contribution in [0.15, 0.2) is 68.3 Å². The first kappa shape index (κ1) is 17.4. The summed E-state index contributed by atoms with van der Waals surface area (Å²) in [6.07, 6.45) is 2.11. The van der Waals surface area contributed by atoms with Crippen molar-refractivity contribution in [1.82, 2.24) is 4.98 Å². The average Bonchev–Trinajstić information content (AvgIpc) is 2.62. The SMILES string of the molecule is CCCCOc1ccc(-c2nc(-c3cccc(Br)c3)cc(=O)o2)cc1. The van der Waals surface area contributed by atoms with Gasteiger partial charge in [0, 0.05) is 15.6 Å². The monoisotopic (exact) mass is 399 g/mol. The van der Waals surface area contributed by atoms with Crippen molar-refractivity contribution < 1.29 is 9.15 Å². The van der Waals surface area contributed by atoms with Gasteiger partial charge in [0.25, 0.3) is 0 Å². The Hall–Kier alpha value is -2.40. The number of halogens is 1. The molecule has 0 N–H and O–H groups in total. The Morgan fingerprint density at radius 2 is 1.88 bits per heavy atom. The van der Waals surface area contributed by atoms with Crippen LogP contribution in [0.3, 0.4) is 0 Å². The molecule has 0 unspecified atom stereocenters. The maximum Gasteiger partial charge on any atom is 0.339 e. The summed E-state index contributed by atoms with van der Waals surface area (Å²) >= 11 is 3.43. The quantitative estimate of drug-likeness (QED) is 0.527. The van der Waals surface area contributed by atoms with E-state index in [0.717, 1.165) is 34.2 Å². The van der Waals surface area contributed by atoms with E-state index in [-0.39, 0.29) is 0 Å². The van der Waals surface area contributed by atoms with E-state index in [0.29, 0.717) is 18.2 Å². The molecular formula is C20H18BrNO3. The van der Waals surface area contributed by atoms with Crippen molar-refractivity contribution >= 4 is 15.9 Å². The Morgan fingerprint density at radius 1 is 1.08 bits per heavy atom. The zero-order valence-electron chi connectivity index (χ0n) is 13.9. The van der Waals surface area contributed by atoms with Crippen molar-refractivity contribution in [3.05, 3.63) is 69.5 Å². The van der Waals surface area contributed by atoms with Gasteiger partial charge in [-0.2, -0.15) is 0 Å². The van der Waals surface area contributed by atoms with Crippen molar-refractivity contribution in [3.8, 4) is 28.5 Å². The lowest BCUT2D eigenvalue weighted by molar-refractivity contribution is 0.309. The second-order valence-electron chi connectivity index (χ2n) is 5.60. The first-order valence-corrected chi connectivity index (χ1v) is 8.96. The maximum atomic E-state index is 11.9. The molecule has 0 amide bonds. The van der Waals surface area contributed by atoms with Crippen LogP contribution in [-0.4, -0.2) is 11.6 Å². The van der Waals surface area contributed by atoms with E-state index in [9.17, 15) is 4.79 Å². The number of hydrogen-bond donors (Lipinski definition) is 0. The molecule has 2 aromatic carbocycles. The zero-order valence-corrected chi connectivity index (χ0v) is 15.5. The fourth-order valence-electron chi connectivity index (χ4n) is 2.35. The summed E-state index contributed by atoms with van der Waals surface area (Å²) in [6.45, 7) is 2.82. The van der Waals surface area contributed by atoms with Gasteiger partial charge in [0.2, 0.25) is 5.89 Å². The molecule has 4 nitrogen and oxygen atoms in total. The lowest BCUT2D eigenvalue weighted by atomic mass is 10.1. The highest BCUT2D eigenvalue weighted by atomic mass is 79.9. The average molecular weight is 400 g/mol. The number of aromatic nitrogens is 1. The van der Waals surface area contributed by atoms with Crippen molar-refractivity contribution in [2.75, 3.05) is 6.61 Å². The van der Waals surface area contributed by atoms with Gasteiger partial charge < -0.3 is 9.15 Å². The molecule has 0 saturated carbocycles. The Labute approximate surface area is 154 Å². The maximum absolute atomic E-state index is 11.9. The number of unbranched alkanes of at least 4 members (excludes halogenated alkanes) is 1. The summed E-state index contributed by atoms with van der Waals surface area (Å²) in [7, 11) is 0. The van der Waals surface area contributed by atoms with Crippen LogP contribution in [0, 0.1) is 0 Å². The minimum Gasteiger partial charge on any atom is -0.494 e. The third-order valence-corrected chi connectivity index (χ3v) is 4.16. The van der Waals surface area contributed by atoms with Crippen molar-refractivity contribution in [3.63, 3.8) is 0 Å². The molecular weight excluding hydrogens is 382 g/mol. The van der Waals surface area contributed by atoms with Gasteiger partial charge in [0.05, 0.1) is 18.4 Å². The molecule has 3 aromatic rings. The predicted octanol–water partition coefficient (Wildman–Crippen LogP) is 5.31. The van der Waals surface area contributed by atoms with Crippen LogP contribution in [0.25, 0.3) is 22.7 Å². The van der Waals surface area contributed by atoms with E-state index in [2.05, 4.69) is 27.8 Å². The molecule has 1 heterocycles. The van der Waals surface area contributed by atoms with Crippen LogP contribution >= 0.6 is 15.9 Å². The standard InChI is InChI=1S/C20H18BrNO3/c1-2-3-11-24-17-9-7-14(8-10-17)20-22-18(13-19(23)25-20)15-5-4-6-16(21)12-15/h4-10,12-13H,2-3,11H2,1H3. The number of benzene rings is 2. The van der Waals surface area contributed by atoms with E-state index >= 15 is 0 Å². The second kappa shape index (κ2) is 8.12. The van der Waals surface area contributed by atoms with E-state index in [1.54, 1.807) is 0 Å².